The van der Waals surface area contributed by atoms with E-state index in [1.165, 1.54) is 25.1 Å². The van der Waals surface area contributed by atoms with Crippen molar-refractivity contribution in [3.63, 3.8) is 0 Å². The lowest BCUT2D eigenvalue weighted by atomic mass is 10.2. The zero-order valence-corrected chi connectivity index (χ0v) is 18.1. The van der Waals surface area contributed by atoms with Crippen LogP contribution in [0.5, 0.6) is 5.75 Å². The van der Waals surface area contributed by atoms with Crippen LogP contribution in [-0.2, 0) is 11.3 Å². The number of methoxy groups -OCH3 is 1. The Morgan fingerprint density at radius 1 is 1.06 bits per heavy atom. The lowest BCUT2D eigenvalue weighted by Gasteiger charge is -2.36. The van der Waals surface area contributed by atoms with E-state index in [1.807, 2.05) is 47.2 Å². The maximum atomic E-state index is 12.7. The summed E-state index contributed by atoms with van der Waals surface area (Å²) in [6.07, 6.45) is 4.77. The van der Waals surface area contributed by atoms with Gasteiger partial charge in [-0.3, -0.25) is 9.69 Å². The van der Waals surface area contributed by atoms with Gasteiger partial charge in [-0.05, 0) is 61.2 Å². The monoisotopic (exact) mass is 418 g/mol. The summed E-state index contributed by atoms with van der Waals surface area (Å²) in [4.78, 5) is 17.7. The normalized spacial score (nSPS) is 17.1. The van der Waals surface area contributed by atoms with Gasteiger partial charge in [-0.2, -0.15) is 0 Å². The third kappa shape index (κ3) is 4.69. The largest absolute Gasteiger partial charge is 0.497 e. The molecule has 6 nitrogen and oxygen atoms in total. The molecule has 162 valence electrons. The van der Waals surface area contributed by atoms with Crippen LogP contribution < -0.4 is 15.0 Å². The molecule has 1 N–H and O–H groups in total. The number of benzene rings is 2. The maximum Gasteiger partial charge on any atom is 0.244 e. The van der Waals surface area contributed by atoms with Crippen LogP contribution in [0.15, 0.2) is 54.7 Å². The molecule has 2 aliphatic rings. The third-order valence-electron chi connectivity index (χ3n) is 6.37. The highest BCUT2D eigenvalue weighted by molar-refractivity contribution is 5.92. The predicted molar refractivity (Wildman–Crippen MR) is 125 cm³/mol. The number of nitrogens with one attached hydrogen (secondary N) is 1. The first-order chi connectivity index (χ1) is 15.2. The van der Waals surface area contributed by atoms with Gasteiger partial charge in [0.05, 0.1) is 7.11 Å². The van der Waals surface area contributed by atoms with Gasteiger partial charge in [0, 0.05) is 61.2 Å². The van der Waals surface area contributed by atoms with E-state index in [9.17, 15) is 4.79 Å². The summed E-state index contributed by atoms with van der Waals surface area (Å²) >= 11 is 0. The molecule has 0 atom stereocenters. The van der Waals surface area contributed by atoms with Gasteiger partial charge in [-0.25, -0.2) is 0 Å². The van der Waals surface area contributed by atoms with Gasteiger partial charge in [0.15, 0.2) is 0 Å². The van der Waals surface area contributed by atoms with Gasteiger partial charge in [0.1, 0.15) is 12.3 Å². The SMILES string of the molecule is COc1ccc2c(ccn2CC(=O)Nc2cccc(N3CCN(CC4CC4)CC3)c2)c1. The number of carbonyl (C=O) groups is 1. The van der Waals surface area contributed by atoms with Gasteiger partial charge >= 0.3 is 0 Å². The van der Waals surface area contributed by atoms with Gasteiger partial charge in [0.2, 0.25) is 5.91 Å². The average Bonchev–Trinajstić information content (AvgIpc) is 3.53. The smallest absolute Gasteiger partial charge is 0.244 e. The Hall–Kier alpha value is -2.99. The van der Waals surface area contributed by atoms with Crippen LogP contribution in [-0.4, -0.2) is 55.2 Å². The van der Waals surface area contributed by atoms with Crippen molar-refractivity contribution in [2.75, 3.05) is 50.1 Å². The molecule has 1 saturated heterocycles. The van der Waals surface area contributed by atoms with Crippen LogP contribution in [0.4, 0.5) is 11.4 Å². The number of anilines is 2. The van der Waals surface area contributed by atoms with Crippen molar-refractivity contribution in [2.45, 2.75) is 19.4 Å². The van der Waals surface area contributed by atoms with Crippen molar-refractivity contribution in [2.24, 2.45) is 5.92 Å². The van der Waals surface area contributed by atoms with E-state index in [-0.39, 0.29) is 12.5 Å². The molecule has 2 aromatic carbocycles. The molecule has 2 heterocycles. The minimum absolute atomic E-state index is 0.0280. The van der Waals surface area contributed by atoms with Crippen LogP contribution in [0.2, 0.25) is 0 Å². The summed E-state index contributed by atoms with van der Waals surface area (Å²) in [5.74, 6) is 1.74. The lowest BCUT2D eigenvalue weighted by molar-refractivity contribution is -0.116. The molecule has 5 rings (SSSR count). The number of hydrogen-bond donors (Lipinski definition) is 1. The molecule has 1 aromatic heterocycles. The molecule has 0 spiro atoms. The highest BCUT2D eigenvalue weighted by Crippen LogP contribution is 2.30. The molecule has 1 aliphatic heterocycles. The van der Waals surface area contributed by atoms with Crippen LogP contribution in [0.3, 0.4) is 0 Å². The number of hydrogen-bond acceptors (Lipinski definition) is 4. The fourth-order valence-corrected chi connectivity index (χ4v) is 4.43. The molecule has 3 aromatic rings. The molecular formula is C25H30N4O2. The van der Waals surface area contributed by atoms with E-state index < -0.39 is 0 Å². The van der Waals surface area contributed by atoms with E-state index in [4.69, 9.17) is 4.74 Å². The Labute approximate surface area is 183 Å². The molecule has 1 saturated carbocycles. The number of ether oxygens (including phenoxy) is 1. The van der Waals surface area contributed by atoms with E-state index in [1.54, 1.807) is 7.11 Å². The summed E-state index contributed by atoms with van der Waals surface area (Å²) < 4.78 is 7.25. The summed E-state index contributed by atoms with van der Waals surface area (Å²) in [7, 11) is 1.66. The Morgan fingerprint density at radius 3 is 2.68 bits per heavy atom. The Kier molecular flexibility index (Phi) is 5.55. The van der Waals surface area contributed by atoms with Gasteiger partial charge < -0.3 is 19.5 Å². The van der Waals surface area contributed by atoms with Crippen molar-refractivity contribution in [3.05, 3.63) is 54.7 Å². The molecule has 31 heavy (non-hydrogen) atoms. The molecule has 0 unspecified atom stereocenters. The third-order valence-corrected chi connectivity index (χ3v) is 6.37. The molecular weight excluding hydrogens is 388 g/mol. The van der Waals surface area contributed by atoms with Crippen molar-refractivity contribution in [3.8, 4) is 5.75 Å². The second-order valence-corrected chi connectivity index (χ2v) is 8.70. The van der Waals surface area contributed by atoms with Crippen molar-refractivity contribution < 1.29 is 9.53 Å². The lowest BCUT2D eigenvalue weighted by Crippen LogP contribution is -2.47. The van der Waals surface area contributed by atoms with E-state index in [2.05, 4.69) is 27.2 Å². The number of nitrogens with zero attached hydrogens (tertiary/aromatic N) is 3. The quantitative estimate of drug-likeness (QED) is 0.634. The number of carbonyl (C=O) groups excluding carboxylic acids is 1. The van der Waals surface area contributed by atoms with Crippen molar-refractivity contribution in [1.82, 2.24) is 9.47 Å². The zero-order valence-electron chi connectivity index (χ0n) is 18.1. The predicted octanol–water partition coefficient (Wildman–Crippen LogP) is 3.82. The minimum Gasteiger partial charge on any atom is -0.497 e. The number of rotatable bonds is 7. The molecule has 0 bridgehead atoms. The van der Waals surface area contributed by atoms with Crippen molar-refractivity contribution in [1.29, 1.82) is 0 Å². The van der Waals surface area contributed by atoms with E-state index >= 15 is 0 Å². The first-order valence-electron chi connectivity index (χ1n) is 11.2. The van der Waals surface area contributed by atoms with Crippen LogP contribution in [0.1, 0.15) is 12.8 Å². The number of amides is 1. The first-order valence-corrected chi connectivity index (χ1v) is 11.2. The topological polar surface area (TPSA) is 49.7 Å². The summed E-state index contributed by atoms with van der Waals surface area (Å²) in [6.45, 7) is 5.88. The molecule has 6 heteroatoms. The van der Waals surface area contributed by atoms with Gasteiger partial charge in [0.25, 0.3) is 0 Å². The van der Waals surface area contributed by atoms with E-state index in [0.717, 1.165) is 54.4 Å². The fraction of sp³-hybridized carbons (Fsp3) is 0.400. The number of piperazine rings is 1. The van der Waals surface area contributed by atoms with Gasteiger partial charge in [-0.15, -0.1) is 0 Å². The average molecular weight is 419 g/mol. The maximum absolute atomic E-state index is 12.7. The van der Waals surface area contributed by atoms with E-state index in [0.29, 0.717) is 0 Å². The summed E-state index contributed by atoms with van der Waals surface area (Å²) in [5.41, 5.74) is 3.05. The Morgan fingerprint density at radius 2 is 1.90 bits per heavy atom. The Bertz CT molecular complexity index is 1060. The minimum atomic E-state index is -0.0280. The zero-order chi connectivity index (χ0) is 21.2. The fourth-order valence-electron chi connectivity index (χ4n) is 4.43. The second-order valence-electron chi connectivity index (χ2n) is 8.70. The standard InChI is InChI=1S/C25H30N4O2/c1-31-23-7-8-24-20(15-23)9-10-29(24)18-25(30)26-21-3-2-4-22(16-21)28-13-11-27(12-14-28)17-19-5-6-19/h2-4,7-10,15-16,19H,5-6,11-14,17-18H2,1H3,(H,26,30). The van der Waals surface area contributed by atoms with Crippen molar-refractivity contribution >= 4 is 28.2 Å². The molecule has 2 fully saturated rings. The van der Waals surface area contributed by atoms with Gasteiger partial charge in [-0.1, -0.05) is 6.07 Å². The summed E-state index contributed by atoms with van der Waals surface area (Å²) in [6, 6.07) is 16.1. The molecule has 0 radical (unpaired) electrons. The second kappa shape index (κ2) is 8.63. The highest BCUT2D eigenvalue weighted by atomic mass is 16.5. The highest BCUT2D eigenvalue weighted by Gasteiger charge is 2.26. The number of aromatic nitrogens is 1. The first kappa shape index (κ1) is 19.9. The molecule has 1 aliphatic carbocycles. The van der Waals surface area contributed by atoms with Crippen LogP contribution in [0, 0.1) is 5.92 Å². The van der Waals surface area contributed by atoms with Crippen LogP contribution >= 0.6 is 0 Å². The Balaban J connectivity index is 1.20. The summed E-state index contributed by atoms with van der Waals surface area (Å²) in [5, 5.41) is 4.13. The number of fused-ring (bicyclic) bond motifs is 1. The van der Waals surface area contributed by atoms with Crippen LogP contribution in [0.25, 0.3) is 10.9 Å². The molecule has 1 amide bonds.